The Hall–Kier alpha value is -3.26. The number of anilines is 3. The Morgan fingerprint density at radius 1 is 0.600 bits per heavy atom. The predicted molar refractivity (Wildman–Crippen MR) is 105 cm³/mol. The molecule has 4 aromatic carbocycles. The summed E-state index contributed by atoms with van der Waals surface area (Å²) in [6, 6.07) is 33.4. The summed E-state index contributed by atoms with van der Waals surface area (Å²) < 4.78 is 5.66. The molecule has 0 N–H and O–H groups in total. The summed E-state index contributed by atoms with van der Waals surface area (Å²) in [4.78, 5) is 2.24. The molecule has 0 aliphatic rings. The first-order chi connectivity index (χ1) is 12.4. The average Bonchev–Trinajstić information content (AvgIpc) is 2.69. The lowest BCUT2D eigenvalue weighted by atomic mass is 10.1. The summed E-state index contributed by atoms with van der Waals surface area (Å²) in [5.41, 5.74) is 3.31. The molecule has 2 nitrogen and oxygen atoms in total. The van der Waals surface area contributed by atoms with Gasteiger partial charge in [-0.05, 0) is 35.7 Å². The average molecular weight is 325 g/mol. The number of benzene rings is 4. The highest BCUT2D eigenvalue weighted by atomic mass is 16.5. The Kier molecular flexibility index (Phi) is 4.09. The van der Waals surface area contributed by atoms with Crippen LogP contribution >= 0.6 is 0 Å². The zero-order valence-electron chi connectivity index (χ0n) is 14.1. The first-order valence-electron chi connectivity index (χ1n) is 8.34. The Morgan fingerprint density at radius 2 is 1.16 bits per heavy atom. The van der Waals surface area contributed by atoms with Gasteiger partial charge in [-0.15, -0.1) is 0 Å². The van der Waals surface area contributed by atoms with Crippen molar-refractivity contribution in [2.45, 2.75) is 0 Å². The molecule has 4 rings (SSSR count). The highest BCUT2D eigenvalue weighted by Crippen LogP contribution is 2.39. The molecular weight excluding hydrogens is 306 g/mol. The van der Waals surface area contributed by atoms with Gasteiger partial charge >= 0.3 is 0 Å². The molecule has 0 atom stereocenters. The van der Waals surface area contributed by atoms with Crippen LogP contribution in [0.2, 0.25) is 0 Å². The molecule has 0 heterocycles. The molecule has 0 bridgehead atoms. The van der Waals surface area contributed by atoms with Gasteiger partial charge in [0.25, 0.3) is 0 Å². The Balaban J connectivity index is 1.95. The summed E-state index contributed by atoms with van der Waals surface area (Å²) in [6.45, 7) is 0. The van der Waals surface area contributed by atoms with Crippen LogP contribution in [-0.2, 0) is 0 Å². The minimum absolute atomic E-state index is 0.880. The first-order valence-corrected chi connectivity index (χ1v) is 8.34. The summed E-state index contributed by atoms with van der Waals surface area (Å²) in [7, 11) is 1.72. The standard InChI is InChI=1S/C23H19NO/c1-25-23-17-21(16-18-10-8-9-15-22(18)23)24(19-11-4-2-5-12-19)20-13-6-3-7-14-20/h2-17H,1H3. The van der Waals surface area contributed by atoms with E-state index in [1.807, 2.05) is 18.2 Å². The second-order valence-corrected chi connectivity index (χ2v) is 5.88. The van der Waals surface area contributed by atoms with Crippen LogP contribution < -0.4 is 9.64 Å². The largest absolute Gasteiger partial charge is 0.496 e. The van der Waals surface area contributed by atoms with E-state index in [-0.39, 0.29) is 0 Å². The van der Waals surface area contributed by atoms with Crippen LogP contribution in [0, 0.1) is 0 Å². The van der Waals surface area contributed by atoms with Crippen LogP contribution in [-0.4, -0.2) is 7.11 Å². The van der Waals surface area contributed by atoms with Gasteiger partial charge in [0.1, 0.15) is 5.75 Å². The molecule has 0 fully saturated rings. The fraction of sp³-hybridized carbons (Fsp3) is 0.0435. The minimum atomic E-state index is 0.880. The van der Waals surface area contributed by atoms with Gasteiger partial charge in [0.2, 0.25) is 0 Å². The molecule has 0 aliphatic heterocycles. The molecule has 0 saturated heterocycles. The van der Waals surface area contributed by atoms with Gasteiger partial charge in [-0.25, -0.2) is 0 Å². The van der Waals surface area contributed by atoms with Crippen molar-refractivity contribution in [2.75, 3.05) is 12.0 Å². The quantitative estimate of drug-likeness (QED) is 0.435. The number of rotatable bonds is 4. The third-order valence-electron chi connectivity index (χ3n) is 4.32. The zero-order chi connectivity index (χ0) is 17.1. The number of para-hydroxylation sites is 2. The lowest BCUT2D eigenvalue weighted by Gasteiger charge is -2.26. The SMILES string of the molecule is COc1cc(N(c2ccccc2)c2ccccc2)cc2ccccc12. The monoisotopic (exact) mass is 325 g/mol. The Bertz CT molecular complexity index is 941. The molecule has 0 aromatic heterocycles. The fourth-order valence-corrected chi connectivity index (χ4v) is 3.16. The molecule has 2 heteroatoms. The van der Waals surface area contributed by atoms with Gasteiger partial charge in [-0.2, -0.15) is 0 Å². The van der Waals surface area contributed by atoms with Gasteiger partial charge in [0.05, 0.1) is 12.8 Å². The number of hydrogen-bond donors (Lipinski definition) is 0. The van der Waals surface area contributed by atoms with E-state index in [1.165, 1.54) is 0 Å². The second kappa shape index (κ2) is 6.70. The van der Waals surface area contributed by atoms with Crippen LogP contribution in [0.25, 0.3) is 10.8 Å². The van der Waals surface area contributed by atoms with Crippen molar-refractivity contribution >= 4 is 27.8 Å². The van der Waals surface area contributed by atoms with Crippen LogP contribution in [0.15, 0.2) is 97.1 Å². The topological polar surface area (TPSA) is 12.5 Å². The van der Waals surface area contributed by atoms with Gasteiger partial charge in [0, 0.05) is 22.8 Å². The van der Waals surface area contributed by atoms with Crippen LogP contribution in [0.4, 0.5) is 17.1 Å². The van der Waals surface area contributed by atoms with Crippen molar-refractivity contribution < 1.29 is 4.74 Å². The lowest BCUT2D eigenvalue weighted by molar-refractivity contribution is 0.420. The summed E-state index contributed by atoms with van der Waals surface area (Å²) in [5, 5.41) is 2.28. The summed E-state index contributed by atoms with van der Waals surface area (Å²) >= 11 is 0. The third-order valence-corrected chi connectivity index (χ3v) is 4.32. The van der Waals surface area contributed by atoms with Gasteiger partial charge in [-0.1, -0.05) is 60.7 Å². The van der Waals surface area contributed by atoms with E-state index in [0.717, 1.165) is 33.6 Å². The molecule has 0 radical (unpaired) electrons. The Morgan fingerprint density at radius 3 is 1.76 bits per heavy atom. The normalized spacial score (nSPS) is 10.6. The summed E-state index contributed by atoms with van der Waals surface area (Å²) in [5.74, 6) is 0.880. The van der Waals surface area contributed by atoms with E-state index in [4.69, 9.17) is 4.74 Å². The lowest BCUT2D eigenvalue weighted by Crippen LogP contribution is -2.09. The number of ether oxygens (including phenoxy) is 1. The van der Waals surface area contributed by atoms with Crippen molar-refractivity contribution in [1.29, 1.82) is 0 Å². The third kappa shape index (κ3) is 2.94. The van der Waals surface area contributed by atoms with Crippen molar-refractivity contribution in [3.63, 3.8) is 0 Å². The van der Waals surface area contributed by atoms with Crippen molar-refractivity contribution in [3.8, 4) is 5.75 Å². The number of fused-ring (bicyclic) bond motifs is 1. The smallest absolute Gasteiger partial charge is 0.128 e. The second-order valence-electron chi connectivity index (χ2n) is 5.88. The molecule has 0 unspecified atom stereocenters. The van der Waals surface area contributed by atoms with Crippen LogP contribution in [0.5, 0.6) is 5.75 Å². The first kappa shape index (κ1) is 15.3. The predicted octanol–water partition coefficient (Wildman–Crippen LogP) is 6.32. The maximum Gasteiger partial charge on any atom is 0.128 e. The molecular formula is C23H19NO. The van der Waals surface area contributed by atoms with Crippen LogP contribution in [0.3, 0.4) is 0 Å². The zero-order valence-corrected chi connectivity index (χ0v) is 14.1. The Labute approximate surface area is 147 Å². The number of hydrogen-bond acceptors (Lipinski definition) is 2. The highest BCUT2D eigenvalue weighted by Gasteiger charge is 2.14. The van der Waals surface area contributed by atoms with Crippen molar-refractivity contribution in [2.24, 2.45) is 0 Å². The minimum Gasteiger partial charge on any atom is -0.496 e. The molecule has 122 valence electrons. The maximum atomic E-state index is 5.66. The van der Waals surface area contributed by atoms with E-state index in [9.17, 15) is 0 Å². The molecule has 0 aliphatic carbocycles. The molecule has 4 aromatic rings. The van der Waals surface area contributed by atoms with E-state index in [2.05, 4.69) is 83.8 Å². The van der Waals surface area contributed by atoms with Gasteiger partial charge in [0.15, 0.2) is 0 Å². The summed E-state index contributed by atoms with van der Waals surface area (Å²) in [6.07, 6.45) is 0. The van der Waals surface area contributed by atoms with E-state index in [1.54, 1.807) is 7.11 Å². The van der Waals surface area contributed by atoms with Crippen molar-refractivity contribution in [1.82, 2.24) is 0 Å². The van der Waals surface area contributed by atoms with Gasteiger partial charge in [-0.3, -0.25) is 0 Å². The van der Waals surface area contributed by atoms with Gasteiger partial charge < -0.3 is 9.64 Å². The number of methoxy groups -OCH3 is 1. The van der Waals surface area contributed by atoms with Crippen molar-refractivity contribution in [3.05, 3.63) is 97.1 Å². The van der Waals surface area contributed by atoms with E-state index in [0.29, 0.717) is 0 Å². The molecule has 25 heavy (non-hydrogen) atoms. The molecule has 0 saturated carbocycles. The maximum absolute atomic E-state index is 5.66. The highest BCUT2D eigenvalue weighted by molar-refractivity contribution is 5.94. The fourth-order valence-electron chi connectivity index (χ4n) is 3.16. The molecule has 0 spiro atoms. The molecule has 0 amide bonds. The van der Waals surface area contributed by atoms with E-state index < -0.39 is 0 Å². The van der Waals surface area contributed by atoms with E-state index >= 15 is 0 Å². The number of nitrogens with zero attached hydrogens (tertiary/aromatic N) is 1. The van der Waals surface area contributed by atoms with Crippen LogP contribution in [0.1, 0.15) is 0 Å².